The Hall–Kier alpha value is -1.13. The van der Waals surface area contributed by atoms with Gasteiger partial charge in [-0.1, -0.05) is 0 Å². The van der Waals surface area contributed by atoms with Crippen LogP contribution in [0.5, 0.6) is 0 Å². The number of nitrogens with one attached hydrogen (secondary N) is 2. The largest absolute Gasteiger partial charge is 0.348 e. The Morgan fingerprint density at radius 1 is 1.47 bits per heavy atom. The highest BCUT2D eigenvalue weighted by atomic mass is 35.5. The van der Waals surface area contributed by atoms with E-state index in [4.69, 9.17) is 0 Å². The number of amides is 1. The summed E-state index contributed by atoms with van der Waals surface area (Å²) in [6, 6.07) is 4.54. The molecule has 1 aromatic rings. The van der Waals surface area contributed by atoms with E-state index in [0.717, 1.165) is 25.1 Å². The topological polar surface area (TPSA) is 41.1 Å². The SMILES string of the molecule is Cc1cc(F)cc(C(=O)NC2CCNC2)c1.Cl. The van der Waals surface area contributed by atoms with Crippen molar-refractivity contribution in [1.82, 2.24) is 10.6 Å². The van der Waals surface area contributed by atoms with Crippen LogP contribution in [0.15, 0.2) is 18.2 Å². The Kier molecular flexibility index (Phi) is 4.90. The van der Waals surface area contributed by atoms with Crippen molar-refractivity contribution in [2.24, 2.45) is 0 Å². The summed E-state index contributed by atoms with van der Waals surface area (Å²) >= 11 is 0. The second-order valence-electron chi connectivity index (χ2n) is 4.18. The molecular formula is C12H16ClFN2O. The number of benzene rings is 1. The standard InChI is InChI=1S/C12H15FN2O.ClH/c1-8-4-9(6-10(13)5-8)12(16)15-11-2-3-14-7-11;/h4-6,11,14H,2-3,7H2,1H3,(H,15,16);1H. The minimum Gasteiger partial charge on any atom is -0.348 e. The third-order valence-corrected chi connectivity index (χ3v) is 2.70. The molecular weight excluding hydrogens is 243 g/mol. The van der Waals surface area contributed by atoms with Gasteiger partial charge in [-0.25, -0.2) is 4.39 Å². The van der Waals surface area contributed by atoms with Crippen LogP contribution in [0.1, 0.15) is 22.3 Å². The second kappa shape index (κ2) is 5.98. The zero-order chi connectivity index (χ0) is 11.5. The average Bonchev–Trinajstić information content (AvgIpc) is 2.68. The first-order valence-electron chi connectivity index (χ1n) is 5.44. The molecule has 5 heteroatoms. The Morgan fingerprint density at radius 3 is 2.82 bits per heavy atom. The first-order valence-corrected chi connectivity index (χ1v) is 5.44. The fourth-order valence-corrected chi connectivity index (χ4v) is 1.91. The maximum absolute atomic E-state index is 13.1. The first-order chi connectivity index (χ1) is 7.65. The predicted octanol–water partition coefficient (Wildman–Crippen LogP) is 1.65. The zero-order valence-electron chi connectivity index (χ0n) is 9.63. The van der Waals surface area contributed by atoms with Crippen molar-refractivity contribution in [3.05, 3.63) is 35.1 Å². The maximum Gasteiger partial charge on any atom is 0.251 e. The number of carbonyl (C=O) groups is 1. The van der Waals surface area contributed by atoms with E-state index in [9.17, 15) is 9.18 Å². The van der Waals surface area contributed by atoms with Crippen molar-refractivity contribution in [3.63, 3.8) is 0 Å². The van der Waals surface area contributed by atoms with E-state index in [1.807, 2.05) is 0 Å². The molecule has 0 aromatic heterocycles. The minimum atomic E-state index is -0.366. The van der Waals surface area contributed by atoms with Gasteiger partial charge < -0.3 is 10.6 Å². The van der Waals surface area contributed by atoms with Crippen molar-refractivity contribution in [3.8, 4) is 0 Å². The van der Waals surface area contributed by atoms with E-state index in [1.165, 1.54) is 12.1 Å². The lowest BCUT2D eigenvalue weighted by Gasteiger charge is -2.11. The van der Waals surface area contributed by atoms with Crippen molar-refractivity contribution < 1.29 is 9.18 Å². The highest BCUT2D eigenvalue weighted by Gasteiger charge is 2.17. The van der Waals surface area contributed by atoms with E-state index in [-0.39, 0.29) is 30.2 Å². The summed E-state index contributed by atoms with van der Waals surface area (Å²) in [5.41, 5.74) is 1.15. The summed E-state index contributed by atoms with van der Waals surface area (Å²) < 4.78 is 13.1. The molecule has 0 aliphatic carbocycles. The molecule has 1 saturated heterocycles. The van der Waals surface area contributed by atoms with Gasteiger partial charge in [0.15, 0.2) is 0 Å². The Morgan fingerprint density at radius 2 is 2.24 bits per heavy atom. The van der Waals surface area contributed by atoms with Gasteiger partial charge in [0.1, 0.15) is 5.82 Å². The van der Waals surface area contributed by atoms with Crippen molar-refractivity contribution in [2.75, 3.05) is 13.1 Å². The Bertz CT molecular complexity index is 385. The van der Waals surface area contributed by atoms with Gasteiger partial charge in [0.05, 0.1) is 0 Å². The molecule has 0 radical (unpaired) electrons. The molecule has 94 valence electrons. The lowest BCUT2D eigenvalue weighted by atomic mass is 10.1. The Balaban J connectivity index is 0.00000144. The van der Waals surface area contributed by atoms with Gasteiger partial charge >= 0.3 is 0 Å². The maximum atomic E-state index is 13.1. The quantitative estimate of drug-likeness (QED) is 0.847. The average molecular weight is 259 g/mol. The molecule has 1 atom stereocenters. The van der Waals surface area contributed by atoms with Gasteiger partial charge in [-0.15, -0.1) is 12.4 Å². The van der Waals surface area contributed by atoms with Gasteiger partial charge in [-0.2, -0.15) is 0 Å². The summed E-state index contributed by atoms with van der Waals surface area (Å²) in [5.74, 6) is -0.564. The molecule has 1 unspecified atom stereocenters. The molecule has 2 rings (SSSR count). The smallest absolute Gasteiger partial charge is 0.251 e. The normalized spacial score (nSPS) is 18.6. The molecule has 0 spiro atoms. The van der Waals surface area contributed by atoms with Crippen LogP contribution in [0.3, 0.4) is 0 Å². The van der Waals surface area contributed by atoms with Gasteiger partial charge in [-0.3, -0.25) is 4.79 Å². The number of rotatable bonds is 2. The third kappa shape index (κ3) is 3.68. The van der Waals surface area contributed by atoms with E-state index in [0.29, 0.717) is 5.56 Å². The van der Waals surface area contributed by atoms with Crippen LogP contribution >= 0.6 is 12.4 Å². The van der Waals surface area contributed by atoms with Gasteiger partial charge in [0, 0.05) is 18.2 Å². The van der Waals surface area contributed by atoms with Crippen LogP contribution in [0, 0.1) is 12.7 Å². The zero-order valence-corrected chi connectivity index (χ0v) is 10.4. The van der Waals surface area contributed by atoms with E-state index >= 15 is 0 Å². The monoisotopic (exact) mass is 258 g/mol. The highest BCUT2D eigenvalue weighted by molar-refractivity contribution is 5.94. The first kappa shape index (κ1) is 13.9. The van der Waals surface area contributed by atoms with Crippen LogP contribution in [0.25, 0.3) is 0 Å². The van der Waals surface area contributed by atoms with Crippen LogP contribution in [-0.2, 0) is 0 Å². The number of halogens is 2. The number of hydrogen-bond acceptors (Lipinski definition) is 2. The third-order valence-electron chi connectivity index (χ3n) is 2.70. The number of hydrogen-bond donors (Lipinski definition) is 2. The van der Waals surface area contributed by atoms with Crippen molar-refractivity contribution in [1.29, 1.82) is 0 Å². The summed E-state index contributed by atoms with van der Waals surface area (Å²) in [6.07, 6.45) is 0.931. The van der Waals surface area contributed by atoms with Crippen LogP contribution < -0.4 is 10.6 Å². The van der Waals surface area contributed by atoms with Gasteiger partial charge in [-0.05, 0) is 43.7 Å². The second-order valence-corrected chi connectivity index (χ2v) is 4.18. The van der Waals surface area contributed by atoms with E-state index in [1.54, 1.807) is 13.0 Å². The molecule has 0 bridgehead atoms. The molecule has 3 nitrogen and oxygen atoms in total. The molecule has 0 saturated carbocycles. The summed E-state index contributed by atoms with van der Waals surface area (Å²) in [4.78, 5) is 11.8. The summed E-state index contributed by atoms with van der Waals surface area (Å²) in [6.45, 7) is 3.49. The van der Waals surface area contributed by atoms with Crippen LogP contribution in [-0.4, -0.2) is 25.0 Å². The summed E-state index contributed by atoms with van der Waals surface area (Å²) in [7, 11) is 0. The molecule has 1 aliphatic heterocycles. The lowest BCUT2D eigenvalue weighted by Crippen LogP contribution is -2.36. The molecule has 17 heavy (non-hydrogen) atoms. The molecule has 1 aliphatic rings. The van der Waals surface area contributed by atoms with E-state index < -0.39 is 0 Å². The predicted molar refractivity (Wildman–Crippen MR) is 67.1 cm³/mol. The van der Waals surface area contributed by atoms with E-state index in [2.05, 4.69) is 10.6 Å². The molecule has 2 N–H and O–H groups in total. The molecule has 1 amide bonds. The van der Waals surface area contributed by atoms with Gasteiger partial charge in [0.25, 0.3) is 5.91 Å². The van der Waals surface area contributed by atoms with Crippen LogP contribution in [0.4, 0.5) is 4.39 Å². The fourth-order valence-electron chi connectivity index (χ4n) is 1.91. The highest BCUT2D eigenvalue weighted by Crippen LogP contribution is 2.09. The molecule has 1 aromatic carbocycles. The van der Waals surface area contributed by atoms with Crippen molar-refractivity contribution >= 4 is 18.3 Å². The van der Waals surface area contributed by atoms with Gasteiger partial charge in [0.2, 0.25) is 0 Å². The number of carbonyl (C=O) groups excluding carboxylic acids is 1. The lowest BCUT2D eigenvalue weighted by molar-refractivity contribution is 0.0939. The molecule has 1 fully saturated rings. The van der Waals surface area contributed by atoms with Crippen LogP contribution in [0.2, 0.25) is 0 Å². The van der Waals surface area contributed by atoms with Crippen molar-refractivity contribution in [2.45, 2.75) is 19.4 Å². The molecule has 1 heterocycles. The minimum absolute atomic E-state index is 0. The Labute approximate surface area is 106 Å². The summed E-state index contributed by atoms with van der Waals surface area (Å²) in [5, 5.41) is 6.04. The fraction of sp³-hybridized carbons (Fsp3) is 0.417. The number of aryl methyl sites for hydroxylation is 1.